The number of rotatable bonds is 2. The zero-order valence-corrected chi connectivity index (χ0v) is 5.30. The molecule has 2 heteroatoms. The third-order valence-electron chi connectivity index (χ3n) is 1.45. The van der Waals surface area contributed by atoms with E-state index in [9.17, 15) is 4.79 Å². The average Bonchev–Trinajstić information content (AvgIpc) is 1.91. The van der Waals surface area contributed by atoms with Crippen molar-refractivity contribution < 1.29 is 9.53 Å². The fraction of sp³-hybridized carbons (Fsp3) is 0.571. The highest BCUT2D eigenvalue weighted by atomic mass is 16.5. The molecule has 0 heterocycles. The summed E-state index contributed by atoms with van der Waals surface area (Å²) in [6, 6.07) is 0. The maximum absolute atomic E-state index is 9.81. The molecular formula is C7H10O2. The second-order valence-corrected chi connectivity index (χ2v) is 2.13. The first-order chi connectivity index (χ1) is 4.43. The van der Waals surface area contributed by atoms with Crippen LogP contribution in [-0.2, 0) is 9.53 Å². The van der Waals surface area contributed by atoms with Crippen LogP contribution in [0.4, 0.5) is 0 Å². The maximum Gasteiger partial charge on any atom is 0.298 e. The lowest BCUT2D eigenvalue weighted by Gasteiger charge is -2.08. The summed E-state index contributed by atoms with van der Waals surface area (Å²) < 4.78 is 4.66. The van der Waals surface area contributed by atoms with E-state index < -0.39 is 0 Å². The van der Waals surface area contributed by atoms with E-state index in [2.05, 4.69) is 4.74 Å². The summed E-state index contributed by atoms with van der Waals surface area (Å²) in [6.45, 7) is 0.497. The number of hydrogen-bond acceptors (Lipinski definition) is 2. The van der Waals surface area contributed by atoms with Crippen LogP contribution in [0.25, 0.3) is 0 Å². The van der Waals surface area contributed by atoms with Gasteiger partial charge in [0.05, 0.1) is 0 Å². The van der Waals surface area contributed by atoms with Crippen molar-refractivity contribution in [2.45, 2.75) is 25.7 Å². The molecule has 0 aliphatic heterocycles. The molecule has 9 heavy (non-hydrogen) atoms. The van der Waals surface area contributed by atoms with Gasteiger partial charge in [0.15, 0.2) is 0 Å². The summed E-state index contributed by atoms with van der Waals surface area (Å²) in [5.74, 6) is 0.844. The smallest absolute Gasteiger partial charge is 0.298 e. The molecule has 0 aromatic carbocycles. The van der Waals surface area contributed by atoms with Crippen molar-refractivity contribution in [1.29, 1.82) is 0 Å². The Hall–Kier alpha value is -0.790. The third kappa shape index (κ3) is 1.88. The SMILES string of the molecule is O=COC1=CCCCC1. The lowest BCUT2D eigenvalue weighted by molar-refractivity contribution is -0.125. The summed E-state index contributed by atoms with van der Waals surface area (Å²) in [5, 5.41) is 0. The fourth-order valence-electron chi connectivity index (χ4n) is 0.978. The molecular weight excluding hydrogens is 116 g/mol. The number of carbonyl (C=O) groups excluding carboxylic acids is 1. The van der Waals surface area contributed by atoms with Crippen molar-refractivity contribution in [3.05, 3.63) is 11.8 Å². The molecule has 1 aliphatic rings. The Bertz CT molecular complexity index is 127. The van der Waals surface area contributed by atoms with E-state index in [0.29, 0.717) is 6.47 Å². The zero-order chi connectivity index (χ0) is 6.53. The van der Waals surface area contributed by atoms with Crippen LogP contribution < -0.4 is 0 Å². The molecule has 1 aliphatic carbocycles. The zero-order valence-electron chi connectivity index (χ0n) is 5.30. The minimum atomic E-state index is 0.497. The number of carbonyl (C=O) groups is 1. The van der Waals surface area contributed by atoms with Crippen molar-refractivity contribution in [3.8, 4) is 0 Å². The highest BCUT2D eigenvalue weighted by Crippen LogP contribution is 2.16. The molecule has 0 N–H and O–H groups in total. The quantitative estimate of drug-likeness (QED) is 0.525. The van der Waals surface area contributed by atoms with Crippen LogP contribution in [0.1, 0.15) is 25.7 Å². The predicted octanol–water partition coefficient (Wildman–Crippen LogP) is 1.62. The molecule has 1 rings (SSSR count). The van der Waals surface area contributed by atoms with Crippen molar-refractivity contribution in [2.24, 2.45) is 0 Å². The average molecular weight is 126 g/mol. The topological polar surface area (TPSA) is 26.3 Å². The molecule has 0 bridgehead atoms. The van der Waals surface area contributed by atoms with Crippen molar-refractivity contribution >= 4 is 6.47 Å². The van der Waals surface area contributed by atoms with Gasteiger partial charge in [-0.2, -0.15) is 0 Å². The van der Waals surface area contributed by atoms with Crippen molar-refractivity contribution in [2.75, 3.05) is 0 Å². The van der Waals surface area contributed by atoms with E-state index in [1.807, 2.05) is 6.08 Å². The minimum absolute atomic E-state index is 0.497. The summed E-state index contributed by atoms with van der Waals surface area (Å²) in [5.41, 5.74) is 0. The second-order valence-electron chi connectivity index (χ2n) is 2.13. The molecule has 2 nitrogen and oxygen atoms in total. The van der Waals surface area contributed by atoms with Crippen LogP contribution in [0.2, 0.25) is 0 Å². The molecule has 0 unspecified atom stereocenters. The van der Waals surface area contributed by atoms with Gasteiger partial charge in [0.2, 0.25) is 0 Å². The van der Waals surface area contributed by atoms with E-state index in [1.165, 1.54) is 6.42 Å². The van der Waals surface area contributed by atoms with Gasteiger partial charge >= 0.3 is 0 Å². The summed E-state index contributed by atoms with van der Waals surface area (Å²) in [7, 11) is 0. The first kappa shape index (κ1) is 6.33. The van der Waals surface area contributed by atoms with E-state index in [-0.39, 0.29) is 0 Å². The van der Waals surface area contributed by atoms with Crippen LogP contribution in [0.15, 0.2) is 11.8 Å². The Morgan fingerprint density at radius 3 is 3.00 bits per heavy atom. The molecule has 50 valence electrons. The van der Waals surface area contributed by atoms with Gasteiger partial charge in [-0.3, -0.25) is 4.79 Å². The van der Waals surface area contributed by atoms with E-state index >= 15 is 0 Å². The minimum Gasteiger partial charge on any atom is -0.434 e. The molecule has 0 saturated carbocycles. The largest absolute Gasteiger partial charge is 0.434 e. The predicted molar refractivity (Wildman–Crippen MR) is 33.7 cm³/mol. The van der Waals surface area contributed by atoms with Gasteiger partial charge in [-0.25, -0.2) is 0 Å². The molecule has 0 aromatic heterocycles. The number of allylic oxidation sites excluding steroid dienone is 2. The van der Waals surface area contributed by atoms with Crippen LogP contribution in [0.5, 0.6) is 0 Å². The van der Waals surface area contributed by atoms with Crippen LogP contribution >= 0.6 is 0 Å². The first-order valence-corrected chi connectivity index (χ1v) is 3.23. The molecule has 0 aromatic rings. The Kier molecular flexibility index (Phi) is 2.31. The van der Waals surface area contributed by atoms with Crippen LogP contribution in [0, 0.1) is 0 Å². The Balaban J connectivity index is 2.36. The maximum atomic E-state index is 9.81. The normalized spacial score (nSPS) is 18.4. The molecule has 0 saturated heterocycles. The lowest BCUT2D eigenvalue weighted by Crippen LogP contribution is -1.94. The van der Waals surface area contributed by atoms with Crippen LogP contribution in [-0.4, -0.2) is 6.47 Å². The number of hydrogen-bond donors (Lipinski definition) is 0. The van der Waals surface area contributed by atoms with Gasteiger partial charge in [-0.05, 0) is 25.3 Å². The van der Waals surface area contributed by atoms with E-state index in [0.717, 1.165) is 25.0 Å². The Morgan fingerprint density at radius 1 is 1.56 bits per heavy atom. The van der Waals surface area contributed by atoms with Gasteiger partial charge in [0, 0.05) is 6.42 Å². The highest BCUT2D eigenvalue weighted by Gasteiger charge is 2.02. The lowest BCUT2D eigenvalue weighted by atomic mass is 10.1. The van der Waals surface area contributed by atoms with Gasteiger partial charge in [-0.1, -0.05) is 0 Å². The molecule has 0 amide bonds. The Labute approximate surface area is 54.5 Å². The van der Waals surface area contributed by atoms with E-state index in [1.54, 1.807) is 0 Å². The van der Waals surface area contributed by atoms with Gasteiger partial charge in [0.1, 0.15) is 5.76 Å². The fourth-order valence-corrected chi connectivity index (χ4v) is 0.978. The van der Waals surface area contributed by atoms with E-state index in [4.69, 9.17) is 0 Å². The molecule has 0 radical (unpaired) electrons. The van der Waals surface area contributed by atoms with Crippen molar-refractivity contribution in [3.63, 3.8) is 0 Å². The third-order valence-corrected chi connectivity index (χ3v) is 1.45. The number of ether oxygens (including phenoxy) is 1. The molecule has 0 fully saturated rings. The van der Waals surface area contributed by atoms with Crippen LogP contribution in [0.3, 0.4) is 0 Å². The summed E-state index contributed by atoms with van der Waals surface area (Å²) in [4.78, 5) is 9.81. The van der Waals surface area contributed by atoms with Gasteiger partial charge in [0.25, 0.3) is 6.47 Å². The highest BCUT2D eigenvalue weighted by molar-refractivity contribution is 5.39. The first-order valence-electron chi connectivity index (χ1n) is 3.23. The second kappa shape index (κ2) is 3.28. The molecule has 0 atom stereocenters. The van der Waals surface area contributed by atoms with Crippen molar-refractivity contribution in [1.82, 2.24) is 0 Å². The van der Waals surface area contributed by atoms with Gasteiger partial charge in [-0.15, -0.1) is 0 Å². The molecule has 0 spiro atoms. The standard InChI is InChI=1S/C7H10O2/c8-6-9-7-4-2-1-3-5-7/h4,6H,1-3,5H2. The Morgan fingerprint density at radius 2 is 2.44 bits per heavy atom. The monoisotopic (exact) mass is 126 g/mol. The summed E-state index contributed by atoms with van der Waals surface area (Å²) in [6.07, 6.45) is 6.35. The summed E-state index contributed by atoms with van der Waals surface area (Å²) >= 11 is 0. The van der Waals surface area contributed by atoms with Gasteiger partial charge < -0.3 is 4.74 Å².